The molecule has 0 saturated heterocycles. The Hall–Kier alpha value is -7.50. The van der Waals surface area contributed by atoms with E-state index in [0.717, 1.165) is 5.56 Å². The summed E-state index contributed by atoms with van der Waals surface area (Å²) in [6, 6.07) is 8.96. The van der Waals surface area contributed by atoms with Gasteiger partial charge in [-0.15, -0.1) is 0 Å². The molecule has 2 rings (SSSR count). The topological polar surface area (TPSA) is 397 Å². The number of likely N-dealkylation sites (N-methyl/N-ethyl adjacent to an activating group) is 1. The van der Waals surface area contributed by atoms with Crippen LogP contribution in [0.4, 0.5) is 0 Å². The molecule has 24 heteroatoms. The molecule has 0 bridgehead atoms. The molecule has 0 unspecified atom stereocenters. The fourth-order valence-corrected chi connectivity index (χ4v) is 7.29. The number of carbonyl (C=O) groups is 8. The first-order chi connectivity index (χ1) is 34.6. The van der Waals surface area contributed by atoms with E-state index in [0.29, 0.717) is 24.3 Å². The Kier molecular flexibility index (Phi) is 28.0. The number of aliphatic imine (C=N–C) groups is 2. The van der Waals surface area contributed by atoms with E-state index in [1.807, 2.05) is 27.7 Å². The van der Waals surface area contributed by atoms with Crippen LogP contribution in [0.25, 0.3) is 0 Å². The molecule has 73 heavy (non-hydrogen) atoms. The number of nitrogens with two attached hydrogens (primary N) is 5. The Morgan fingerprint density at radius 3 is 1.45 bits per heavy atom. The van der Waals surface area contributed by atoms with Crippen molar-refractivity contribution in [2.45, 2.75) is 122 Å². The Morgan fingerprint density at radius 2 is 0.973 bits per heavy atom. The highest BCUT2D eigenvalue weighted by molar-refractivity contribution is 5.97. The van der Waals surface area contributed by atoms with E-state index in [1.165, 1.54) is 7.11 Å². The van der Waals surface area contributed by atoms with Gasteiger partial charge in [0, 0.05) is 26.1 Å². The second-order valence-electron chi connectivity index (χ2n) is 18.3. The molecule has 2 aromatic carbocycles. The van der Waals surface area contributed by atoms with Gasteiger partial charge in [-0.25, -0.2) is 0 Å². The first-order valence-corrected chi connectivity index (χ1v) is 24.5. The number of methoxy groups -OCH3 is 1. The number of guanidine groups is 2. The van der Waals surface area contributed by atoms with E-state index >= 15 is 0 Å². The fraction of sp³-hybridized carbons (Fsp3) is 0.551. The molecular formula is C49H79N15O9. The minimum absolute atomic E-state index is 0.00743. The summed E-state index contributed by atoms with van der Waals surface area (Å²) in [5.41, 5.74) is 29.6. The van der Waals surface area contributed by atoms with Gasteiger partial charge in [0.05, 0.1) is 26.2 Å². The number of benzene rings is 2. The highest BCUT2D eigenvalue weighted by Gasteiger charge is 2.33. The number of nitrogens with one attached hydrogen (secondary N) is 8. The molecule has 0 radical (unpaired) electrons. The zero-order chi connectivity index (χ0) is 54.5. The maximum atomic E-state index is 14.3. The van der Waals surface area contributed by atoms with Crippen molar-refractivity contribution in [2.24, 2.45) is 50.5 Å². The van der Waals surface area contributed by atoms with E-state index in [1.54, 1.807) is 61.5 Å². The summed E-state index contributed by atoms with van der Waals surface area (Å²) in [5.74, 6) is -5.13. The van der Waals surface area contributed by atoms with Crippen molar-refractivity contribution < 1.29 is 43.1 Å². The van der Waals surface area contributed by atoms with E-state index in [-0.39, 0.29) is 81.8 Å². The number of nitrogens with zero attached hydrogens (tertiary/aromatic N) is 2. The van der Waals surface area contributed by atoms with Crippen molar-refractivity contribution in [1.29, 1.82) is 0 Å². The molecule has 0 aliphatic heterocycles. The van der Waals surface area contributed by atoms with Crippen LogP contribution in [0, 0.1) is 11.8 Å². The van der Waals surface area contributed by atoms with Crippen molar-refractivity contribution in [3.05, 3.63) is 65.7 Å². The summed E-state index contributed by atoms with van der Waals surface area (Å²) >= 11 is 0. The van der Waals surface area contributed by atoms with Gasteiger partial charge in [0.1, 0.15) is 36.0 Å². The van der Waals surface area contributed by atoms with Gasteiger partial charge in [-0.2, -0.15) is 0 Å². The minimum atomic E-state index is -1.28. The molecule has 8 amide bonds. The number of rotatable bonds is 33. The van der Waals surface area contributed by atoms with E-state index < -0.39 is 96.6 Å². The summed E-state index contributed by atoms with van der Waals surface area (Å²) in [6.45, 7) is 8.72. The Bertz CT molecular complexity index is 2150. The normalized spacial score (nSPS) is 13.3. The molecule has 0 aliphatic carbocycles. The third kappa shape index (κ3) is 25.4. The number of carbonyl (C=O) groups excluding carboxylic acids is 8. The van der Waals surface area contributed by atoms with E-state index in [4.69, 9.17) is 33.4 Å². The van der Waals surface area contributed by atoms with Crippen molar-refractivity contribution in [3.8, 4) is 5.75 Å². The lowest BCUT2D eigenvalue weighted by molar-refractivity contribution is -0.135. The van der Waals surface area contributed by atoms with Gasteiger partial charge in [-0.05, 0) is 87.0 Å². The molecule has 2 aromatic rings. The van der Waals surface area contributed by atoms with Crippen LogP contribution in [0.5, 0.6) is 5.75 Å². The number of hydrogen-bond donors (Lipinski definition) is 13. The molecule has 18 N–H and O–H groups in total. The number of ether oxygens (including phenoxy) is 1. The molecule has 0 heterocycles. The lowest BCUT2D eigenvalue weighted by Gasteiger charge is -2.28. The largest absolute Gasteiger partial charge is 0.497 e. The van der Waals surface area contributed by atoms with Gasteiger partial charge in [-0.1, -0.05) is 70.2 Å². The lowest BCUT2D eigenvalue weighted by atomic mass is 10.00. The molecule has 6 atom stereocenters. The summed E-state index contributed by atoms with van der Waals surface area (Å²) in [4.78, 5) is 116. The average Bonchev–Trinajstić information content (AvgIpc) is 3.33. The van der Waals surface area contributed by atoms with Crippen molar-refractivity contribution in [1.82, 2.24) is 42.5 Å². The fourth-order valence-electron chi connectivity index (χ4n) is 7.29. The van der Waals surface area contributed by atoms with Crippen LogP contribution in [-0.4, -0.2) is 135 Å². The first-order valence-electron chi connectivity index (χ1n) is 24.5. The maximum Gasteiger partial charge on any atom is 0.243 e. The predicted molar refractivity (Wildman–Crippen MR) is 278 cm³/mol. The van der Waals surface area contributed by atoms with Crippen molar-refractivity contribution in [2.75, 3.05) is 39.8 Å². The third-order valence-corrected chi connectivity index (χ3v) is 10.9. The number of amides is 8. The molecule has 24 nitrogen and oxygen atoms in total. The Morgan fingerprint density at radius 1 is 0.521 bits per heavy atom. The molecule has 0 fully saturated rings. The van der Waals surface area contributed by atoms with Gasteiger partial charge in [0.25, 0.3) is 0 Å². The molecule has 404 valence electrons. The molecule has 0 aromatic heterocycles. The highest BCUT2D eigenvalue weighted by Crippen LogP contribution is 2.14. The minimum Gasteiger partial charge on any atom is -0.497 e. The molecular weight excluding hydrogens is 943 g/mol. The zero-order valence-corrected chi connectivity index (χ0v) is 43.0. The van der Waals surface area contributed by atoms with Gasteiger partial charge in [0.15, 0.2) is 11.9 Å². The lowest BCUT2D eigenvalue weighted by Crippen LogP contribution is -2.59. The van der Waals surface area contributed by atoms with Gasteiger partial charge < -0.3 is 75.9 Å². The second-order valence-corrected chi connectivity index (χ2v) is 18.3. The summed E-state index contributed by atoms with van der Waals surface area (Å²) in [5, 5.41) is 21.2. The predicted octanol–water partition coefficient (Wildman–Crippen LogP) is -2.20. The van der Waals surface area contributed by atoms with Crippen LogP contribution in [0.2, 0.25) is 0 Å². The quantitative estimate of drug-likeness (QED) is 0.0205. The Balaban J connectivity index is 2.30. The summed E-state index contributed by atoms with van der Waals surface area (Å²) in [7, 11) is 1.54. The van der Waals surface area contributed by atoms with Crippen LogP contribution in [-0.2, 0) is 51.2 Å². The van der Waals surface area contributed by atoms with Crippen LogP contribution in [0.15, 0.2) is 64.6 Å². The Labute approximate surface area is 427 Å². The molecule has 0 saturated carbocycles. The van der Waals surface area contributed by atoms with Crippen LogP contribution in [0.1, 0.15) is 84.3 Å². The van der Waals surface area contributed by atoms with E-state index in [2.05, 4.69) is 52.5 Å². The monoisotopic (exact) mass is 1020 g/mol. The van der Waals surface area contributed by atoms with Gasteiger partial charge in [0.2, 0.25) is 47.3 Å². The van der Waals surface area contributed by atoms with Crippen LogP contribution < -0.4 is 75.9 Å². The first kappa shape index (κ1) is 61.6. The van der Waals surface area contributed by atoms with Gasteiger partial charge >= 0.3 is 0 Å². The molecule has 0 aliphatic rings. The van der Waals surface area contributed by atoms with Gasteiger partial charge in [-0.3, -0.25) is 48.3 Å². The maximum absolute atomic E-state index is 14.3. The summed E-state index contributed by atoms with van der Waals surface area (Å²) < 4.78 is 5.15. The highest BCUT2D eigenvalue weighted by atomic mass is 16.5. The van der Waals surface area contributed by atoms with Crippen LogP contribution >= 0.6 is 0 Å². The average molecular weight is 1020 g/mol. The van der Waals surface area contributed by atoms with Crippen molar-refractivity contribution >= 4 is 59.2 Å². The standard InChI is InChI=1S/C49H79N15O9/c1-7-55-43(68)37(23-29(2)3)63-45(70)36(16-12-22-57-49(53)54)61-44(69)35(15-11-21-56-48(51)52)62-46(71)38(24-30(4)5)64-47(72)39(26-31-13-9-8-10-14-31)60-41(66)28-58-40(65)27-59-42(67)34(50)25-32-17-19-33(73-6)20-18-32/h8-10,13-14,17-20,29-30,34-39H,7,11-12,15-16,21-28,50H2,1-6H3,(H,55,68)(H,58,65)(H,59,67)(H,60,66)(H,61,69)(H,62,71)(H,63,70)(H,64,72)(H4,51,52,56)(H4,53,54,57)/t34-,35-,36-,37+,38-,39-/m0/s1. The number of hydrogen-bond acceptors (Lipinski definition) is 12. The SMILES string of the molecule is CCNC(=O)[C@@H](CC(C)C)NC(=O)[C@H](CCCN=C(N)N)NC(=O)[C@H](CCCN=C(N)N)NC(=O)[C@H](CC(C)C)NC(=O)[C@H](Cc1ccccc1)NC(=O)CNC(=O)CNC(=O)[C@@H](N)Cc1ccc(OC)cc1. The smallest absolute Gasteiger partial charge is 0.243 e. The van der Waals surface area contributed by atoms with Crippen molar-refractivity contribution in [3.63, 3.8) is 0 Å². The summed E-state index contributed by atoms with van der Waals surface area (Å²) in [6.07, 6.45) is 1.11. The zero-order valence-electron chi connectivity index (χ0n) is 43.0. The second kappa shape index (κ2) is 33.2. The molecule has 0 spiro atoms. The van der Waals surface area contributed by atoms with Crippen LogP contribution in [0.3, 0.4) is 0 Å². The third-order valence-electron chi connectivity index (χ3n) is 10.9. The van der Waals surface area contributed by atoms with E-state index in [9.17, 15) is 38.4 Å².